The third kappa shape index (κ3) is 4.79. The van der Waals surface area contributed by atoms with E-state index in [1.807, 2.05) is 25.1 Å². The summed E-state index contributed by atoms with van der Waals surface area (Å²) < 4.78 is 5.37. The highest BCUT2D eigenvalue weighted by Gasteiger charge is 2.08. The number of nitrogens with zero attached hydrogens (tertiary/aromatic N) is 2. The number of ether oxygens (including phenoxy) is 1. The molecule has 8 heteroatoms. The first kappa shape index (κ1) is 17.4. The fraction of sp³-hybridized carbons (Fsp3) is 0.125. The maximum absolute atomic E-state index is 11.7. The lowest BCUT2D eigenvalue weighted by atomic mass is 10.2. The van der Waals surface area contributed by atoms with Crippen LogP contribution >= 0.6 is 11.6 Å². The number of amides is 1. The van der Waals surface area contributed by atoms with E-state index in [0.717, 1.165) is 5.56 Å². The molecule has 0 radical (unpaired) electrons. The summed E-state index contributed by atoms with van der Waals surface area (Å²) in [6, 6.07) is 11.3. The van der Waals surface area contributed by atoms with Gasteiger partial charge in [0.1, 0.15) is 5.75 Å². The van der Waals surface area contributed by atoms with Gasteiger partial charge in [0.25, 0.3) is 11.6 Å². The van der Waals surface area contributed by atoms with Gasteiger partial charge in [0, 0.05) is 22.7 Å². The lowest BCUT2D eigenvalue weighted by Gasteiger charge is -2.07. The molecule has 0 bridgehead atoms. The Hall–Kier alpha value is -2.93. The van der Waals surface area contributed by atoms with Crippen molar-refractivity contribution in [2.75, 3.05) is 6.61 Å². The second kappa shape index (κ2) is 8.07. The quantitative estimate of drug-likeness (QED) is 0.493. The first-order valence-electron chi connectivity index (χ1n) is 6.91. The smallest absolute Gasteiger partial charge is 0.277 e. The zero-order valence-electron chi connectivity index (χ0n) is 12.7. The third-order valence-electron chi connectivity index (χ3n) is 3.04. The molecule has 0 spiro atoms. The monoisotopic (exact) mass is 347 g/mol. The molecule has 0 heterocycles. The summed E-state index contributed by atoms with van der Waals surface area (Å²) in [7, 11) is 0. The van der Waals surface area contributed by atoms with E-state index >= 15 is 0 Å². The number of benzene rings is 2. The van der Waals surface area contributed by atoms with Gasteiger partial charge in [0.2, 0.25) is 0 Å². The van der Waals surface area contributed by atoms with Gasteiger partial charge in [0.15, 0.2) is 6.61 Å². The molecular weight excluding hydrogens is 334 g/mol. The Morgan fingerprint density at radius 1 is 1.38 bits per heavy atom. The number of para-hydroxylation sites is 1. The van der Waals surface area contributed by atoms with Gasteiger partial charge >= 0.3 is 0 Å². The van der Waals surface area contributed by atoms with E-state index in [1.165, 1.54) is 24.4 Å². The van der Waals surface area contributed by atoms with Gasteiger partial charge in [-0.2, -0.15) is 5.10 Å². The van der Waals surface area contributed by atoms with Crippen molar-refractivity contribution in [3.63, 3.8) is 0 Å². The van der Waals surface area contributed by atoms with Crippen molar-refractivity contribution >= 4 is 29.4 Å². The van der Waals surface area contributed by atoms with Crippen LogP contribution in [-0.2, 0) is 4.79 Å². The molecule has 1 N–H and O–H groups in total. The second-order valence-corrected chi connectivity index (χ2v) is 5.22. The van der Waals surface area contributed by atoms with Crippen LogP contribution in [0.1, 0.15) is 11.1 Å². The van der Waals surface area contributed by atoms with Crippen LogP contribution in [0.3, 0.4) is 0 Å². The molecular formula is C16H14ClN3O4. The summed E-state index contributed by atoms with van der Waals surface area (Å²) in [4.78, 5) is 21.9. The molecule has 0 aromatic heterocycles. The fourth-order valence-corrected chi connectivity index (χ4v) is 1.98. The highest BCUT2D eigenvalue weighted by atomic mass is 35.5. The summed E-state index contributed by atoms with van der Waals surface area (Å²) in [5.41, 5.74) is 3.40. The molecule has 124 valence electrons. The number of halogens is 1. The number of hydrogen-bond acceptors (Lipinski definition) is 5. The van der Waals surface area contributed by atoms with E-state index in [1.54, 1.807) is 6.07 Å². The summed E-state index contributed by atoms with van der Waals surface area (Å²) in [6.45, 7) is 1.67. The van der Waals surface area contributed by atoms with Crippen molar-refractivity contribution in [1.29, 1.82) is 0 Å². The highest BCUT2D eigenvalue weighted by molar-refractivity contribution is 6.33. The Balaban J connectivity index is 1.92. The number of non-ortho nitro benzene ring substituents is 1. The topological polar surface area (TPSA) is 93.8 Å². The van der Waals surface area contributed by atoms with E-state index in [9.17, 15) is 14.9 Å². The van der Waals surface area contributed by atoms with Crippen molar-refractivity contribution in [2.24, 2.45) is 5.10 Å². The molecule has 0 saturated heterocycles. The Morgan fingerprint density at radius 2 is 2.12 bits per heavy atom. The lowest BCUT2D eigenvalue weighted by Crippen LogP contribution is -2.24. The Labute approximate surface area is 143 Å². The van der Waals surface area contributed by atoms with E-state index in [4.69, 9.17) is 16.3 Å². The summed E-state index contributed by atoms with van der Waals surface area (Å²) in [5, 5.41) is 14.7. The standard InChI is InChI=1S/C16H14ClN3O4/c1-11-4-2-3-5-15(11)24-10-16(21)19-18-9-12-8-13(20(22)23)6-7-14(12)17/h2-9H,10H2,1H3,(H,19,21). The van der Waals surface area contributed by atoms with Gasteiger partial charge in [-0.05, 0) is 24.6 Å². The average Bonchev–Trinajstić information content (AvgIpc) is 2.55. The Bertz CT molecular complexity index is 793. The third-order valence-corrected chi connectivity index (χ3v) is 3.38. The molecule has 0 atom stereocenters. The van der Waals surface area contributed by atoms with E-state index in [-0.39, 0.29) is 17.3 Å². The molecule has 24 heavy (non-hydrogen) atoms. The minimum absolute atomic E-state index is 0.116. The average molecular weight is 348 g/mol. The van der Waals surface area contributed by atoms with Crippen LogP contribution in [0.25, 0.3) is 0 Å². The Morgan fingerprint density at radius 3 is 2.83 bits per heavy atom. The number of hydrazone groups is 1. The Kier molecular flexibility index (Phi) is 5.86. The van der Waals surface area contributed by atoms with Gasteiger partial charge in [-0.3, -0.25) is 14.9 Å². The van der Waals surface area contributed by atoms with Crippen molar-refractivity contribution in [3.8, 4) is 5.75 Å². The van der Waals surface area contributed by atoms with E-state index < -0.39 is 10.8 Å². The van der Waals surface area contributed by atoms with Crippen LogP contribution in [-0.4, -0.2) is 23.7 Å². The molecule has 0 fully saturated rings. The number of carbonyl (C=O) groups is 1. The molecule has 0 aliphatic heterocycles. The van der Waals surface area contributed by atoms with Gasteiger partial charge < -0.3 is 4.74 Å². The maximum atomic E-state index is 11.7. The fourth-order valence-electron chi connectivity index (χ4n) is 1.81. The molecule has 0 saturated carbocycles. The van der Waals surface area contributed by atoms with Crippen LogP contribution < -0.4 is 10.2 Å². The first-order valence-corrected chi connectivity index (χ1v) is 7.29. The SMILES string of the molecule is Cc1ccccc1OCC(=O)NN=Cc1cc([N+](=O)[O-])ccc1Cl. The van der Waals surface area contributed by atoms with Gasteiger partial charge in [-0.1, -0.05) is 29.8 Å². The minimum atomic E-state index is -0.539. The van der Waals surface area contributed by atoms with Gasteiger partial charge in [0.05, 0.1) is 11.1 Å². The molecule has 7 nitrogen and oxygen atoms in total. The first-order chi connectivity index (χ1) is 11.5. The van der Waals surface area contributed by atoms with Crippen LogP contribution in [0, 0.1) is 17.0 Å². The summed E-state index contributed by atoms with van der Waals surface area (Å²) in [5.74, 6) is 0.148. The molecule has 0 aliphatic carbocycles. The van der Waals surface area contributed by atoms with Crippen LogP contribution in [0.2, 0.25) is 5.02 Å². The minimum Gasteiger partial charge on any atom is -0.483 e. The van der Waals surface area contributed by atoms with Gasteiger partial charge in [-0.25, -0.2) is 5.43 Å². The number of nitro groups is 1. The number of hydrogen-bond donors (Lipinski definition) is 1. The number of rotatable bonds is 6. The predicted octanol–water partition coefficient (Wildman–Crippen LogP) is 3.09. The van der Waals surface area contributed by atoms with Crippen LogP contribution in [0.15, 0.2) is 47.6 Å². The number of aryl methyl sites for hydroxylation is 1. The van der Waals surface area contributed by atoms with Crippen LogP contribution in [0.5, 0.6) is 5.75 Å². The van der Waals surface area contributed by atoms with Crippen molar-refractivity contribution < 1.29 is 14.5 Å². The predicted molar refractivity (Wildman–Crippen MR) is 90.5 cm³/mol. The van der Waals surface area contributed by atoms with E-state index in [0.29, 0.717) is 11.3 Å². The molecule has 1 amide bonds. The number of nitro benzene ring substituents is 1. The van der Waals surface area contributed by atoms with Crippen molar-refractivity contribution in [1.82, 2.24) is 5.43 Å². The molecule has 2 rings (SSSR count). The maximum Gasteiger partial charge on any atom is 0.277 e. The molecule has 2 aromatic carbocycles. The summed E-state index contributed by atoms with van der Waals surface area (Å²) in [6.07, 6.45) is 1.24. The van der Waals surface area contributed by atoms with Crippen molar-refractivity contribution in [3.05, 3.63) is 68.7 Å². The highest BCUT2D eigenvalue weighted by Crippen LogP contribution is 2.20. The second-order valence-electron chi connectivity index (χ2n) is 4.81. The largest absolute Gasteiger partial charge is 0.483 e. The molecule has 0 aliphatic rings. The lowest BCUT2D eigenvalue weighted by molar-refractivity contribution is -0.384. The number of nitrogens with one attached hydrogen (secondary N) is 1. The van der Waals surface area contributed by atoms with E-state index in [2.05, 4.69) is 10.5 Å². The zero-order valence-corrected chi connectivity index (χ0v) is 13.5. The zero-order chi connectivity index (χ0) is 17.5. The normalized spacial score (nSPS) is 10.6. The van der Waals surface area contributed by atoms with Crippen LogP contribution in [0.4, 0.5) is 5.69 Å². The van der Waals surface area contributed by atoms with Gasteiger partial charge in [-0.15, -0.1) is 0 Å². The summed E-state index contributed by atoms with van der Waals surface area (Å²) >= 11 is 5.92. The molecule has 2 aromatic rings. The number of carbonyl (C=O) groups excluding carboxylic acids is 1. The molecule has 0 unspecified atom stereocenters. The van der Waals surface area contributed by atoms with Crippen molar-refractivity contribution in [2.45, 2.75) is 6.92 Å².